The highest BCUT2D eigenvalue weighted by Gasteiger charge is 2.09. The number of halogens is 1. The van der Waals surface area contributed by atoms with E-state index in [1.807, 2.05) is 25.1 Å². The zero-order chi connectivity index (χ0) is 19.8. The minimum Gasteiger partial charge on any atom is -0.504 e. The Bertz CT molecular complexity index is 868. The Balaban J connectivity index is 1.84. The summed E-state index contributed by atoms with van der Waals surface area (Å²) in [6.07, 6.45) is 1.32. The summed E-state index contributed by atoms with van der Waals surface area (Å²) in [5.74, 6) is -0.466. The fourth-order valence-corrected chi connectivity index (χ4v) is 2.69. The summed E-state index contributed by atoms with van der Waals surface area (Å²) in [6.45, 7) is 1.89. The monoisotopic (exact) mass is 433 g/mol. The molecule has 0 saturated heterocycles. The van der Waals surface area contributed by atoms with E-state index in [1.54, 1.807) is 18.2 Å². The van der Waals surface area contributed by atoms with Crippen molar-refractivity contribution in [2.24, 2.45) is 5.10 Å². The maximum Gasteiger partial charge on any atom is 0.240 e. The summed E-state index contributed by atoms with van der Waals surface area (Å²) >= 11 is 3.30. The Morgan fingerprint density at radius 3 is 2.63 bits per heavy atom. The van der Waals surface area contributed by atoms with Crippen molar-refractivity contribution in [1.82, 2.24) is 5.43 Å². The van der Waals surface area contributed by atoms with Gasteiger partial charge in [-0.1, -0.05) is 34.1 Å². The number of phenolic OH excluding ortho intramolecular Hbond substituents is 1. The first-order chi connectivity index (χ1) is 12.9. The predicted molar refractivity (Wildman–Crippen MR) is 107 cm³/mol. The first-order valence-electron chi connectivity index (χ1n) is 8.14. The van der Waals surface area contributed by atoms with E-state index in [4.69, 9.17) is 4.74 Å². The standard InChI is InChI=1S/C19H20BrN3O4/c1-12-5-3-4-6-15(12)22-17(24)7-8-18(25)23-21-11-13-9-14(20)10-16(27-2)19(13)26/h3-6,9-11,26H,7-8H2,1-2H3,(H,22,24)(H,23,25)/b21-11+. The Labute approximate surface area is 165 Å². The quantitative estimate of drug-likeness (QED) is 0.460. The number of aryl methyl sites for hydroxylation is 1. The van der Waals surface area contributed by atoms with Gasteiger partial charge in [0.1, 0.15) is 0 Å². The number of amides is 2. The second kappa shape index (κ2) is 9.72. The number of carbonyl (C=O) groups excluding carboxylic acids is 2. The maximum absolute atomic E-state index is 11.9. The minimum atomic E-state index is -0.410. The molecule has 0 atom stereocenters. The van der Waals surface area contributed by atoms with Gasteiger partial charge in [0, 0.05) is 28.6 Å². The van der Waals surface area contributed by atoms with E-state index in [0.717, 1.165) is 11.3 Å². The van der Waals surface area contributed by atoms with E-state index in [9.17, 15) is 14.7 Å². The molecule has 2 aromatic carbocycles. The fraction of sp³-hybridized carbons (Fsp3) is 0.211. The van der Waals surface area contributed by atoms with E-state index in [1.165, 1.54) is 13.3 Å². The molecule has 0 aliphatic heterocycles. The van der Waals surface area contributed by atoms with Gasteiger partial charge in [0.2, 0.25) is 11.8 Å². The average Bonchev–Trinajstić information content (AvgIpc) is 2.64. The molecule has 7 nitrogen and oxygen atoms in total. The number of hydrogen-bond donors (Lipinski definition) is 3. The number of carbonyl (C=O) groups is 2. The zero-order valence-corrected chi connectivity index (χ0v) is 16.5. The van der Waals surface area contributed by atoms with Crippen LogP contribution in [0.1, 0.15) is 24.0 Å². The molecule has 0 fully saturated rings. The number of para-hydroxylation sites is 1. The Morgan fingerprint density at radius 2 is 1.93 bits per heavy atom. The molecule has 0 spiro atoms. The van der Waals surface area contributed by atoms with E-state index in [0.29, 0.717) is 10.0 Å². The molecule has 27 heavy (non-hydrogen) atoms. The lowest BCUT2D eigenvalue weighted by molar-refractivity contribution is -0.124. The normalized spacial score (nSPS) is 10.6. The fourth-order valence-electron chi connectivity index (χ4n) is 2.23. The highest BCUT2D eigenvalue weighted by Crippen LogP contribution is 2.32. The molecule has 0 saturated carbocycles. The number of benzene rings is 2. The van der Waals surface area contributed by atoms with E-state index < -0.39 is 5.91 Å². The second-order valence-corrected chi connectivity index (χ2v) is 6.62. The topological polar surface area (TPSA) is 100 Å². The van der Waals surface area contributed by atoms with Crippen molar-refractivity contribution in [3.8, 4) is 11.5 Å². The molecule has 0 aliphatic rings. The maximum atomic E-state index is 11.9. The first kappa shape index (κ1) is 20.4. The van der Waals surface area contributed by atoms with Crippen molar-refractivity contribution in [3.63, 3.8) is 0 Å². The lowest BCUT2D eigenvalue weighted by Gasteiger charge is -2.08. The van der Waals surface area contributed by atoms with Crippen molar-refractivity contribution >= 4 is 39.6 Å². The third-order valence-electron chi connectivity index (χ3n) is 3.68. The number of phenols is 1. The van der Waals surface area contributed by atoms with Crippen molar-refractivity contribution in [1.29, 1.82) is 0 Å². The molecule has 8 heteroatoms. The van der Waals surface area contributed by atoms with Gasteiger partial charge in [-0.15, -0.1) is 0 Å². The van der Waals surface area contributed by atoms with Crippen LogP contribution in [0.4, 0.5) is 5.69 Å². The molecule has 142 valence electrons. The summed E-state index contributed by atoms with van der Waals surface area (Å²) in [6, 6.07) is 10.6. The van der Waals surface area contributed by atoms with E-state index >= 15 is 0 Å². The third-order valence-corrected chi connectivity index (χ3v) is 4.14. The predicted octanol–water partition coefficient (Wildman–Crippen LogP) is 3.34. The van der Waals surface area contributed by atoms with E-state index in [2.05, 4.69) is 31.8 Å². The average molecular weight is 434 g/mol. The number of hydrogen-bond acceptors (Lipinski definition) is 5. The van der Waals surface area contributed by atoms with Crippen LogP contribution in [0.15, 0.2) is 46.0 Å². The summed E-state index contributed by atoms with van der Waals surface area (Å²) < 4.78 is 5.73. The minimum absolute atomic E-state index is 0.0111. The molecular formula is C19H20BrN3O4. The van der Waals surface area contributed by atoms with Crippen LogP contribution in [-0.2, 0) is 9.59 Å². The summed E-state index contributed by atoms with van der Waals surface area (Å²) in [5.41, 5.74) is 4.37. The number of hydrazone groups is 1. The van der Waals surface area contributed by atoms with Crippen molar-refractivity contribution in [2.45, 2.75) is 19.8 Å². The molecule has 0 radical (unpaired) electrons. The van der Waals surface area contributed by atoms with Crippen molar-refractivity contribution in [2.75, 3.05) is 12.4 Å². The summed E-state index contributed by atoms with van der Waals surface area (Å²) in [4.78, 5) is 23.8. The van der Waals surface area contributed by atoms with Gasteiger partial charge < -0.3 is 15.2 Å². The molecule has 0 unspecified atom stereocenters. The SMILES string of the molecule is COc1cc(Br)cc(/C=N/NC(=O)CCC(=O)Nc2ccccc2C)c1O. The van der Waals surface area contributed by atoms with Crippen LogP contribution in [-0.4, -0.2) is 30.2 Å². The second-order valence-electron chi connectivity index (χ2n) is 5.70. The molecule has 0 aliphatic carbocycles. The highest BCUT2D eigenvalue weighted by atomic mass is 79.9. The number of ether oxygens (including phenoxy) is 1. The zero-order valence-electron chi connectivity index (χ0n) is 15.0. The summed E-state index contributed by atoms with van der Waals surface area (Å²) in [7, 11) is 1.44. The lowest BCUT2D eigenvalue weighted by atomic mass is 10.2. The van der Waals surface area contributed by atoms with Crippen molar-refractivity contribution < 1.29 is 19.4 Å². The van der Waals surface area contributed by atoms with Crippen LogP contribution in [0.3, 0.4) is 0 Å². The Morgan fingerprint density at radius 1 is 1.22 bits per heavy atom. The third kappa shape index (κ3) is 6.10. The summed E-state index contributed by atoms with van der Waals surface area (Å²) in [5, 5.41) is 16.6. The van der Waals surface area contributed by atoms with Gasteiger partial charge in [0.05, 0.1) is 13.3 Å². The van der Waals surface area contributed by atoms with Crippen LogP contribution in [0, 0.1) is 6.92 Å². The molecule has 2 rings (SSSR count). The largest absolute Gasteiger partial charge is 0.504 e. The molecule has 0 aromatic heterocycles. The number of rotatable bonds is 7. The number of methoxy groups -OCH3 is 1. The lowest BCUT2D eigenvalue weighted by Crippen LogP contribution is -2.20. The number of nitrogens with one attached hydrogen (secondary N) is 2. The van der Waals surface area contributed by atoms with Gasteiger partial charge >= 0.3 is 0 Å². The highest BCUT2D eigenvalue weighted by molar-refractivity contribution is 9.10. The first-order valence-corrected chi connectivity index (χ1v) is 8.94. The van der Waals surface area contributed by atoms with Crippen LogP contribution >= 0.6 is 15.9 Å². The van der Waals surface area contributed by atoms with Gasteiger partial charge in [-0.05, 0) is 30.7 Å². The smallest absolute Gasteiger partial charge is 0.240 e. The van der Waals surface area contributed by atoms with Gasteiger partial charge in [-0.2, -0.15) is 5.10 Å². The van der Waals surface area contributed by atoms with Crippen LogP contribution in [0.25, 0.3) is 0 Å². The Hall–Kier alpha value is -2.87. The molecule has 0 bridgehead atoms. The van der Waals surface area contributed by atoms with Crippen LogP contribution < -0.4 is 15.5 Å². The van der Waals surface area contributed by atoms with Gasteiger partial charge in [-0.3, -0.25) is 9.59 Å². The number of nitrogens with zero attached hydrogens (tertiary/aromatic N) is 1. The number of anilines is 1. The molecule has 0 heterocycles. The molecule has 2 aromatic rings. The van der Waals surface area contributed by atoms with Gasteiger partial charge in [0.15, 0.2) is 11.5 Å². The molecular weight excluding hydrogens is 414 g/mol. The van der Waals surface area contributed by atoms with Gasteiger partial charge in [0.25, 0.3) is 0 Å². The van der Waals surface area contributed by atoms with E-state index in [-0.39, 0.29) is 30.2 Å². The van der Waals surface area contributed by atoms with Crippen LogP contribution in [0.5, 0.6) is 11.5 Å². The van der Waals surface area contributed by atoms with Crippen LogP contribution in [0.2, 0.25) is 0 Å². The van der Waals surface area contributed by atoms with Gasteiger partial charge in [-0.25, -0.2) is 5.43 Å². The number of aromatic hydroxyl groups is 1. The molecule has 2 amide bonds. The van der Waals surface area contributed by atoms with Crippen molar-refractivity contribution in [3.05, 3.63) is 52.0 Å². The molecule has 3 N–H and O–H groups in total. The Kier molecular flexibility index (Phi) is 7.36.